The monoisotopic (exact) mass is 435 g/mol. The van der Waals surface area contributed by atoms with Crippen LogP contribution in [0, 0.1) is 6.92 Å². The van der Waals surface area contributed by atoms with Crippen molar-refractivity contribution in [2.24, 2.45) is 0 Å². The molecule has 0 saturated heterocycles. The average molecular weight is 436 g/mol. The van der Waals surface area contributed by atoms with Crippen LogP contribution < -0.4 is 10.1 Å². The molecule has 1 atom stereocenters. The summed E-state index contributed by atoms with van der Waals surface area (Å²) in [6.07, 6.45) is 0.701. The van der Waals surface area contributed by atoms with E-state index in [1.54, 1.807) is 7.11 Å². The van der Waals surface area contributed by atoms with E-state index in [9.17, 15) is 4.79 Å². The summed E-state index contributed by atoms with van der Waals surface area (Å²) in [6.45, 7) is 2.07. The van der Waals surface area contributed by atoms with Crippen LogP contribution in [0.2, 0.25) is 5.02 Å². The van der Waals surface area contributed by atoms with Crippen LogP contribution in [0.4, 0.5) is 0 Å². The molecule has 0 aliphatic heterocycles. The molecule has 1 unspecified atom stereocenters. The third-order valence-corrected chi connectivity index (χ3v) is 6.78. The number of hydrogen-bond acceptors (Lipinski definition) is 3. The topological polar surface area (TPSA) is 38.3 Å². The Morgan fingerprint density at radius 3 is 2.50 bits per heavy atom. The fraction of sp³-hybridized carbons (Fsp3) is 0.160. The number of rotatable bonds is 6. The van der Waals surface area contributed by atoms with Crippen LogP contribution in [0.25, 0.3) is 10.1 Å². The molecular weight excluding hydrogens is 414 g/mol. The van der Waals surface area contributed by atoms with Crippen molar-refractivity contribution in [1.82, 2.24) is 5.32 Å². The fourth-order valence-corrected chi connectivity index (χ4v) is 4.83. The highest BCUT2D eigenvalue weighted by molar-refractivity contribution is 7.21. The second kappa shape index (κ2) is 8.90. The smallest absolute Gasteiger partial charge is 0.263 e. The van der Waals surface area contributed by atoms with E-state index >= 15 is 0 Å². The Morgan fingerprint density at radius 2 is 1.80 bits per heavy atom. The van der Waals surface area contributed by atoms with Crippen molar-refractivity contribution in [3.05, 3.63) is 99.4 Å². The Hall–Kier alpha value is -2.82. The Morgan fingerprint density at radius 1 is 1.07 bits per heavy atom. The quantitative estimate of drug-likeness (QED) is 0.371. The number of halogens is 1. The maximum Gasteiger partial charge on any atom is 0.263 e. The van der Waals surface area contributed by atoms with E-state index in [1.807, 2.05) is 48.5 Å². The van der Waals surface area contributed by atoms with Crippen molar-refractivity contribution in [2.45, 2.75) is 19.4 Å². The summed E-state index contributed by atoms with van der Waals surface area (Å²) in [5.74, 6) is 0.553. The van der Waals surface area contributed by atoms with Gasteiger partial charge in [0.05, 0.1) is 18.2 Å². The summed E-state index contributed by atoms with van der Waals surface area (Å²) < 4.78 is 6.25. The van der Waals surface area contributed by atoms with Crippen LogP contribution in [-0.2, 0) is 6.42 Å². The van der Waals surface area contributed by atoms with Gasteiger partial charge >= 0.3 is 0 Å². The van der Waals surface area contributed by atoms with E-state index < -0.39 is 0 Å². The molecule has 1 N–H and O–H groups in total. The van der Waals surface area contributed by atoms with Gasteiger partial charge in [0.1, 0.15) is 10.6 Å². The number of aryl methyl sites for hydroxylation is 1. The SMILES string of the molecule is COc1ccc2sc(C(=O)NC(Cc3ccc(C)cc3)c3ccccc3)c(Cl)c2c1. The highest BCUT2D eigenvalue weighted by Gasteiger charge is 2.22. The first-order valence-corrected chi connectivity index (χ1v) is 10.9. The van der Waals surface area contributed by atoms with Crippen molar-refractivity contribution in [1.29, 1.82) is 0 Å². The molecular formula is C25H22ClNO2S. The summed E-state index contributed by atoms with van der Waals surface area (Å²) in [5, 5.41) is 4.50. The molecule has 4 aromatic rings. The molecule has 0 aliphatic carbocycles. The van der Waals surface area contributed by atoms with Crippen LogP contribution >= 0.6 is 22.9 Å². The zero-order valence-electron chi connectivity index (χ0n) is 16.8. The molecule has 0 fully saturated rings. The van der Waals surface area contributed by atoms with Crippen molar-refractivity contribution < 1.29 is 9.53 Å². The zero-order valence-corrected chi connectivity index (χ0v) is 18.4. The summed E-state index contributed by atoms with van der Waals surface area (Å²) in [7, 11) is 1.62. The lowest BCUT2D eigenvalue weighted by Crippen LogP contribution is -2.29. The number of carbonyl (C=O) groups is 1. The largest absolute Gasteiger partial charge is 0.497 e. The molecule has 3 aromatic carbocycles. The number of methoxy groups -OCH3 is 1. The minimum atomic E-state index is -0.166. The molecule has 0 aliphatic rings. The number of thiophene rings is 1. The second-order valence-corrected chi connectivity index (χ2v) is 8.66. The van der Waals surface area contributed by atoms with Gasteiger partial charge in [0.2, 0.25) is 0 Å². The van der Waals surface area contributed by atoms with Gasteiger partial charge in [-0.3, -0.25) is 4.79 Å². The molecule has 0 saturated carbocycles. The maximum atomic E-state index is 13.2. The van der Waals surface area contributed by atoms with Gasteiger partial charge in [0, 0.05) is 10.1 Å². The third-order valence-electron chi connectivity index (χ3n) is 5.11. The van der Waals surface area contributed by atoms with Crippen LogP contribution in [0.5, 0.6) is 5.75 Å². The summed E-state index contributed by atoms with van der Waals surface area (Å²) in [5.41, 5.74) is 3.44. The van der Waals surface area contributed by atoms with Crippen molar-refractivity contribution >= 4 is 38.9 Å². The molecule has 30 heavy (non-hydrogen) atoms. The van der Waals surface area contributed by atoms with Gasteiger partial charge in [-0.2, -0.15) is 0 Å². The Labute approximate surface area is 185 Å². The van der Waals surface area contributed by atoms with Crippen LogP contribution in [-0.4, -0.2) is 13.0 Å². The third kappa shape index (κ3) is 4.35. The van der Waals surface area contributed by atoms with E-state index in [1.165, 1.54) is 22.5 Å². The highest BCUT2D eigenvalue weighted by Crippen LogP contribution is 2.37. The number of amides is 1. The Bertz CT molecular complexity index is 1170. The second-order valence-electron chi connectivity index (χ2n) is 7.23. The summed E-state index contributed by atoms with van der Waals surface area (Å²) >= 11 is 7.98. The van der Waals surface area contributed by atoms with Crippen LogP contribution in [0.3, 0.4) is 0 Å². The zero-order chi connectivity index (χ0) is 21.1. The maximum absolute atomic E-state index is 13.2. The number of fused-ring (bicyclic) bond motifs is 1. The van der Waals surface area contributed by atoms with Crippen molar-refractivity contribution in [2.75, 3.05) is 7.11 Å². The first-order valence-electron chi connectivity index (χ1n) is 9.72. The highest BCUT2D eigenvalue weighted by atomic mass is 35.5. The molecule has 0 radical (unpaired) electrons. The van der Waals surface area contributed by atoms with Gasteiger partial charge in [0.15, 0.2) is 0 Å². The fourth-order valence-electron chi connectivity index (χ4n) is 3.44. The minimum Gasteiger partial charge on any atom is -0.497 e. The Balaban J connectivity index is 1.64. The minimum absolute atomic E-state index is 0.155. The first kappa shape index (κ1) is 20.5. The Kier molecular flexibility index (Phi) is 6.07. The molecule has 152 valence electrons. The molecule has 3 nitrogen and oxygen atoms in total. The molecule has 1 heterocycles. The molecule has 4 rings (SSSR count). The average Bonchev–Trinajstić information content (AvgIpc) is 3.11. The predicted molar refractivity (Wildman–Crippen MR) is 125 cm³/mol. The molecule has 0 spiro atoms. The number of carbonyl (C=O) groups excluding carboxylic acids is 1. The van der Waals surface area contributed by atoms with E-state index in [0.717, 1.165) is 21.4 Å². The van der Waals surface area contributed by atoms with Gasteiger partial charge in [-0.15, -0.1) is 11.3 Å². The number of hydrogen-bond donors (Lipinski definition) is 1. The van der Waals surface area contributed by atoms with Gasteiger partial charge in [0.25, 0.3) is 5.91 Å². The van der Waals surface area contributed by atoms with E-state index in [2.05, 4.69) is 36.5 Å². The van der Waals surface area contributed by atoms with E-state index in [0.29, 0.717) is 16.3 Å². The van der Waals surface area contributed by atoms with Gasteiger partial charge in [-0.05, 0) is 42.7 Å². The molecule has 5 heteroatoms. The summed E-state index contributed by atoms with van der Waals surface area (Å²) in [4.78, 5) is 13.7. The number of nitrogens with one attached hydrogen (secondary N) is 1. The van der Waals surface area contributed by atoms with E-state index in [4.69, 9.17) is 16.3 Å². The number of benzene rings is 3. The molecule has 1 aromatic heterocycles. The standard InChI is InChI=1S/C25H22ClNO2S/c1-16-8-10-17(11-9-16)14-21(18-6-4-3-5-7-18)27-25(28)24-23(26)20-15-19(29-2)12-13-22(20)30-24/h3-13,15,21H,14H2,1-2H3,(H,27,28). The van der Waals surface area contributed by atoms with Crippen LogP contribution in [0.15, 0.2) is 72.8 Å². The van der Waals surface area contributed by atoms with Gasteiger partial charge in [-0.1, -0.05) is 71.8 Å². The van der Waals surface area contributed by atoms with Gasteiger partial charge in [-0.25, -0.2) is 0 Å². The van der Waals surface area contributed by atoms with Crippen molar-refractivity contribution in [3.63, 3.8) is 0 Å². The lowest BCUT2D eigenvalue weighted by Gasteiger charge is -2.19. The lowest BCUT2D eigenvalue weighted by molar-refractivity contribution is 0.0941. The van der Waals surface area contributed by atoms with Crippen molar-refractivity contribution in [3.8, 4) is 5.75 Å². The number of ether oxygens (including phenoxy) is 1. The summed E-state index contributed by atoms with van der Waals surface area (Å²) in [6, 6.07) is 24.0. The predicted octanol–water partition coefficient (Wildman–Crippen LogP) is 6.59. The van der Waals surface area contributed by atoms with E-state index in [-0.39, 0.29) is 11.9 Å². The molecule has 0 bridgehead atoms. The van der Waals surface area contributed by atoms with Crippen LogP contribution in [0.1, 0.15) is 32.4 Å². The lowest BCUT2D eigenvalue weighted by atomic mass is 9.98. The molecule has 1 amide bonds. The first-order chi connectivity index (χ1) is 14.5. The normalized spacial score (nSPS) is 12.0. The van der Waals surface area contributed by atoms with Gasteiger partial charge < -0.3 is 10.1 Å².